The average molecular weight is 520 g/mol. The Labute approximate surface area is 223 Å². The summed E-state index contributed by atoms with van der Waals surface area (Å²) in [6, 6.07) is 15.8. The van der Waals surface area contributed by atoms with Crippen molar-refractivity contribution in [2.45, 2.75) is 51.4 Å². The Balaban J connectivity index is 1.29. The second-order valence-electron chi connectivity index (χ2n) is 11.2. The normalized spacial score (nSPS) is 20.6. The number of β-amino-alcohol motifs (C(OH)–C–C–N with tert-alkyl or cyclic N) is 1. The molecule has 3 aromatic rings. The number of nitrogens with zero attached hydrogens (tertiary/aromatic N) is 5. The van der Waals surface area contributed by atoms with Gasteiger partial charge in [0.25, 0.3) is 0 Å². The third kappa shape index (κ3) is 5.34. The van der Waals surface area contributed by atoms with Gasteiger partial charge < -0.3 is 24.2 Å². The molecule has 0 unspecified atom stereocenters. The molecule has 0 saturated carbocycles. The van der Waals surface area contributed by atoms with Crippen LogP contribution in [0.3, 0.4) is 0 Å². The van der Waals surface area contributed by atoms with Crippen LogP contribution >= 0.6 is 0 Å². The van der Waals surface area contributed by atoms with Gasteiger partial charge in [-0.15, -0.1) is 0 Å². The number of fused-ring (bicyclic) bond motifs is 1. The van der Waals surface area contributed by atoms with Crippen LogP contribution in [0.25, 0.3) is 22.4 Å². The highest BCUT2D eigenvalue weighted by molar-refractivity contribution is 5.87. The van der Waals surface area contributed by atoms with Crippen molar-refractivity contribution < 1.29 is 19.4 Å². The van der Waals surface area contributed by atoms with Crippen LogP contribution in [0.4, 0.5) is 10.5 Å². The van der Waals surface area contributed by atoms with Crippen molar-refractivity contribution in [2.75, 3.05) is 37.6 Å². The van der Waals surface area contributed by atoms with E-state index in [1.165, 1.54) is 4.90 Å². The van der Waals surface area contributed by atoms with Gasteiger partial charge in [0.05, 0.1) is 23.7 Å². The molecule has 38 heavy (non-hydrogen) atoms. The first kappa shape index (κ1) is 26.0. The first-order chi connectivity index (χ1) is 18.1. The van der Waals surface area contributed by atoms with Gasteiger partial charge in [-0.25, -0.2) is 9.78 Å². The number of aliphatic hydroxyl groups excluding tert-OH is 1. The summed E-state index contributed by atoms with van der Waals surface area (Å²) in [5.74, 6) is 0.796. The summed E-state index contributed by atoms with van der Waals surface area (Å²) in [4.78, 5) is 36.6. The fourth-order valence-electron chi connectivity index (χ4n) is 5.42. The number of imidazole rings is 1. The monoisotopic (exact) mass is 519 g/mol. The van der Waals surface area contributed by atoms with E-state index in [1.807, 2.05) is 30.1 Å². The fraction of sp³-hybridized carbons (Fsp3) is 0.483. The minimum absolute atomic E-state index is 0.111. The standard InChI is InChI=1S/C29H37N5O4/c1-29(2,3)38-28(37)34-19-22(35)18-25(34)27(36)33-14-8-13-32(15-16-33)21-10-7-9-20(17-21)26-30-23-11-5-6-12-24(23)31(26)4/h5-7,9-12,17,22,25,35H,8,13-16,18-19H2,1-4H3/t22-,25+/m1/s1. The molecule has 202 valence electrons. The minimum Gasteiger partial charge on any atom is -0.444 e. The molecule has 2 saturated heterocycles. The molecule has 5 rings (SSSR count). The molecule has 3 heterocycles. The van der Waals surface area contributed by atoms with Crippen LogP contribution in [0.2, 0.25) is 0 Å². The third-order valence-electron chi connectivity index (χ3n) is 7.26. The molecule has 0 bridgehead atoms. The number of carbonyl (C=O) groups is 2. The van der Waals surface area contributed by atoms with Crippen LogP contribution in [-0.2, 0) is 16.6 Å². The number of aryl methyl sites for hydroxylation is 1. The molecule has 9 nitrogen and oxygen atoms in total. The predicted molar refractivity (Wildman–Crippen MR) is 147 cm³/mol. The van der Waals surface area contributed by atoms with Gasteiger partial charge in [0.1, 0.15) is 17.5 Å². The highest BCUT2D eigenvalue weighted by atomic mass is 16.6. The number of benzene rings is 2. The second-order valence-corrected chi connectivity index (χ2v) is 11.2. The Bertz CT molecular complexity index is 1330. The lowest BCUT2D eigenvalue weighted by molar-refractivity contribution is -0.135. The van der Waals surface area contributed by atoms with E-state index in [0.29, 0.717) is 19.6 Å². The van der Waals surface area contributed by atoms with E-state index in [1.54, 1.807) is 20.8 Å². The SMILES string of the molecule is Cn1c(-c2cccc(N3CCCN(C(=O)[C@@H]4C[C@@H](O)CN4C(=O)OC(C)(C)C)CC3)c2)nc2ccccc21. The van der Waals surface area contributed by atoms with E-state index in [4.69, 9.17) is 9.72 Å². The van der Waals surface area contributed by atoms with Crippen molar-refractivity contribution in [3.8, 4) is 11.4 Å². The Hall–Kier alpha value is -3.59. The number of para-hydroxylation sites is 2. The molecule has 2 aliphatic heterocycles. The quantitative estimate of drug-likeness (QED) is 0.568. The zero-order chi connectivity index (χ0) is 27.0. The summed E-state index contributed by atoms with van der Waals surface area (Å²) in [7, 11) is 2.04. The molecule has 0 aliphatic carbocycles. The maximum Gasteiger partial charge on any atom is 0.411 e. The van der Waals surface area contributed by atoms with Gasteiger partial charge in [0.2, 0.25) is 5.91 Å². The lowest BCUT2D eigenvalue weighted by Crippen LogP contribution is -2.49. The number of amides is 2. The lowest BCUT2D eigenvalue weighted by Gasteiger charge is -2.31. The Morgan fingerprint density at radius 1 is 1.03 bits per heavy atom. The Kier molecular flexibility index (Phi) is 7.05. The van der Waals surface area contributed by atoms with Gasteiger partial charge >= 0.3 is 6.09 Å². The number of hydrogen-bond acceptors (Lipinski definition) is 6. The summed E-state index contributed by atoms with van der Waals surface area (Å²) in [6.45, 7) is 8.14. The van der Waals surface area contributed by atoms with Gasteiger partial charge in [-0.05, 0) is 51.5 Å². The summed E-state index contributed by atoms with van der Waals surface area (Å²) in [5, 5.41) is 10.3. The maximum atomic E-state index is 13.5. The van der Waals surface area contributed by atoms with Gasteiger partial charge in [-0.3, -0.25) is 9.69 Å². The van der Waals surface area contributed by atoms with Crippen molar-refractivity contribution in [2.24, 2.45) is 7.05 Å². The number of aromatic nitrogens is 2. The fourth-order valence-corrected chi connectivity index (χ4v) is 5.42. The summed E-state index contributed by atoms with van der Waals surface area (Å²) >= 11 is 0. The summed E-state index contributed by atoms with van der Waals surface area (Å²) < 4.78 is 7.62. The first-order valence-corrected chi connectivity index (χ1v) is 13.3. The van der Waals surface area contributed by atoms with Crippen LogP contribution in [0.5, 0.6) is 0 Å². The van der Waals surface area contributed by atoms with E-state index in [0.717, 1.165) is 41.1 Å². The Morgan fingerprint density at radius 3 is 2.58 bits per heavy atom. The van der Waals surface area contributed by atoms with E-state index in [-0.39, 0.29) is 18.9 Å². The topological polar surface area (TPSA) is 91.1 Å². The van der Waals surface area contributed by atoms with Crippen molar-refractivity contribution in [3.63, 3.8) is 0 Å². The number of hydrogen-bond donors (Lipinski definition) is 1. The number of ether oxygens (including phenoxy) is 1. The lowest BCUT2D eigenvalue weighted by atomic mass is 10.1. The Morgan fingerprint density at radius 2 is 1.82 bits per heavy atom. The van der Waals surface area contributed by atoms with Gasteiger partial charge in [-0.2, -0.15) is 0 Å². The van der Waals surface area contributed by atoms with Gasteiger partial charge in [0.15, 0.2) is 0 Å². The molecule has 1 aromatic heterocycles. The molecular formula is C29H37N5O4. The third-order valence-corrected chi connectivity index (χ3v) is 7.26. The molecule has 2 atom stereocenters. The number of aliphatic hydroxyl groups is 1. The number of anilines is 1. The van der Waals surface area contributed by atoms with Crippen LogP contribution in [0.15, 0.2) is 48.5 Å². The van der Waals surface area contributed by atoms with Crippen molar-refractivity contribution >= 4 is 28.7 Å². The van der Waals surface area contributed by atoms with Crippen LogP contribution in [0.1, 0.15) is 33.6 Å². The number of likely N-dealkylation sites (tertiary alicyclic amines) is 1. The average Bonchev–Trinajstić information content (AvgIpc) is 3.32. The molecule has 1 N–H and O–H groups in total. The predicted octanol–water partition coefficient (Wildman–Crippen LogP) is 3.65. The zero-order valence-corrected chi connectivity index (χ0v) is 22.6. The smallest absolute Gasteiger partial charge is 0.411 e. The molecule has 2 fully saturated rings. The van der Waals surface area contributed by atoms with E-state index < -0.39 is 23.8 Å². The van der Waals surface area contributed by atoms with E-state index in [2.05, 4.69) is 39.8 Å². The molecule has 9 heteroatoms. The largest absolute Gasteiger partial charge is 0.444 e. The highest BCUT2D eigenvalue weighted by Crippen LogP contribution is 2.28. The highest BCUT2D eigenvalue weighted by Gasteiger charge is 2.42. The van der Waals surface area contributed by atoms with E-state index in [9.17, 15) is 14.7 Å². The molecule has 2 aliphatic rings. The van der Waals surface area contributed by atoms with Crippen molar-refractivity contribution in [1.82, 2.24) is 19.4 Å². The minimum atomic E-state index is -0.731. The second kappa shape index (κ2) is 10.3. The first-order valence-electron chi connectivity index (χ1n) is 13.3. The van der Waals surface area contributed by atoms with Crippen molar-refractivity contribution in [1.29, 1.82) is 0 Å². The van der Waals surface area contributed by atoms with Crippen LogP contribution < -0.4 is 4.90 Å². The molecular weight excluding hydrogens is 482 g/mol. The van der Waals surface area contributed by atoms with E-state index >= 15 is 0 Å². The summed E-state index contributed by atoms with van der Waals surface area (Å²) in [6.07, 6.45) is -0.240. The van der Waals surface area contributed by atoms with Crippen molar-refractivity contribution in [3.05, 3.63) is 48.5 Å². The van der Waals surface area contributed by atoms with Crippen LogP contribution in [-0.4, -0.2) is 86.9 Å². The summed E-state index contributed by atoms with van der Waals surface area (Å²) in [5.41, 5.74) is 3.53. The number of rotatable bonds is 3. The zero-order valence-electron chi connectivity index (χ0n) is 22.6. The molecule has 2 amide bonds. The molecule has 0 spiro atoms. The maximum absolute atomic E-state index is 13.5. The number of carbonyl (C=O) groups excluding carboxylic acids is 2. The molecule has 0 radical (unpaired) electrons. The van der Waals surface area contributed by atoms with Gasteiger partial charge in [0, 0.05) is 50.9 Å². The van der Waals surface area contributed by atoms with Gasteiger partial charge in [-0.1, -0.05) is 24.3 Å². The van der Waals surface area contributed by atoms with Crippen LogP contribution in [0, 0.1) is 0 Å². The molecule has 2 aromatic carbocycles.